The smallest absolute Gasteiger partial charge is 0.253 e. The highest BCUT2D eigenvalue weighted by molar-refractivity contribution is 7.89. The molecule has 0 bridgehead atoms. The SMILES string of the molecule is COc1ccc(C(=O)N2CCC(COc3ccc(-c4ccc(C#N)cc4)cc3)(C(=O)NS(C)(=O)=O)C2)cc1. The second-order valence-electron chi connectivity index (χ2n) is 9.19. The van der Waals surface area contributed by atoms with Crippen molar-refractivity contribution in [2.75, 3.05) is 33.1 Å². The third kappa shape index (κ3) is 6.12. The second kappa shape index (κ2) is 10.9. The number of ether oxygens (including phenoxy) is 2. The molecule has 0 spiro atoms. The Hall–Kier alpha value is -4.36. The minimum atomic E-state index is -3.81. The second-order valence-corrected chi connectivity index (χ2v) is 10.9. The van der Waals surface area contributed by atoms with Gasteiger partial charge in [0.2, 0.25) is 15.9 Å². The molecule has 1 N–H and O–H groups in total. The first-order valence-electron chi connectivity index (χ1n) is 11.8. The van der Waals surface area contributed by atoms with Crippen molar-refractivity contribution in [1.29, 1.82) is 5.26 Å². The Morgan fingerprint density at radius 1 is 0.974 bits per heavy atom. The fraction of sp³-hybridized carbons (Fsp3) is 0.250. The predicted molar refractivity (Wildman–Crippen MR) is 141 cm³/mol. The molecule has 38 heavy (non-hydrogen) atoms. The Kier molecular flexibility index (Phi) is 7.69. The molecule has 3 aromatic carbocycles. The fourth-order valence-electron chi connectivity index (χ4n) is 4.31. The van der Waals surface area contributed by atoms with E-state index in [-0.39, 0.29) is 32.0 Å². The summed E-state index contributed by atoms with van der Waals surface area (Å²) >= 11 is 0. The lowest BCUT2D eigenvalue weighted by Gasteiger charge is -2.28. The van der Waals surface area contributed by atoms with Crippen LogP contribution in [0.25, 0.3) is 11.1 Å². The fourth-order valence-corrected chi connectivity index (χ4v) is 4.86. The van der Waals surface area contributed by atoms with E-state index in [0.29, 0.717) is 22.6 Å². The van der Waals surface area contributed by atoms with Gasteiger partial charge < -0.3 is 14.4 Å². The zero-order valence-corrected chi connectivity index (χ0v) is 21.8. The molecule has 1 aliphatic heterocycles. The van der Waals surface area contributed by atoms with Crippen LogP contribution in [0.4, 0.5) is 0 Å². The van der Waals surface area contributed by atoms with Gasteiger partial charge in [0.05, 0.1) is 25.0 Å². The zero-order valence-electron chi connectivity index (χ0n) is 21.0. The van der Waals surface area contributed by atoms with Crippen LogP contribution < -0.4 is 14.2 Å². The number of hydrogen-bond acceptors (Lipinski definition) is 7. The van der Waals surface area contributed by atoms with Crippen molar-refractivity contribution in [2.24, 2.45) is 5.41 Å². The Morgan fingerprint density at radius 3 is 2.11 bits per heavy atom. The molecule has 1 aliphatic rings. The van der Waals surface area contributed by atoms with Crippen LogP contribution in [0.1, 0.15) is 22.3 Å². The molecule has 9 nitrogen and oxygen atoms in total. The van der Waals surface area contributed by atoms with Crippen molar-refractivity contribution in [2.45, 2.75) is 6.42 Å². The van der Waals surface area contributed by atoms with E-state index in [1.807, 2.05) is 24.3 Å². The monoisotopic (exact) mass is 533 g/mol. The highest BCUT2D eigenvalue weighted by atomic mass is 32.2. The normalized spacial score (nSPS) is 16.9. The van der Waals surface area contributed by atoms with E-state index in [9.17, 15) is 18.0 Å². The number of nitrogens with zero attached hydrogens (tertiary/aromatic N) is 2. The van der Waals surface area contributed by atoms with Gasteiger partial charge in [-0.25, -0.2) is 8.42 Å². The van der Waals surface area contributed by atoms with Gasteiger partial charge in [0.15, 0.2) is 0 Å². The number of hydrogen-bond donors (Lipinski definition) is 1. The lowest BCUT2D eigenvalue weighted by atomic mass is 9.87. The van der Waals surface area contributed by atoms with E-state index in [1.165, 1.54) is 12.0 Å². The van der Waals surface area contributed by atoms with E-state index < -0.39 is 21.3 Å². The number of benzene rings is 3. The number of methoxy groups -OCH3 is 1. The van der Waals surface area contributed by atoms with Gasteiger partial charge in [-0.15, -0.1) is 0 Å². The minimum absolute atomic E-state index is 0.00252. The Balaban J connectivity index is 1.50. The van der Waals surface area contributed by atoms with Crippen molar-refractivity contribution in [3.8, 4) is 28.7 Å². The number of rotatable bonds is 8. The van der Waals surface area contributed by atoms with Crippen LogP contribution >= 0.6 is 0 Å². The van der Waals surface area contributed by atoms with E-state index in [4.69, 9.17) is 14.7 Å². The van der Waals surface area contributed by atoms with Crippen LogP contribution in [0, 0.1) is 16.7 Å². The Labute approximate surface area is 221 Å². The van der Waals surface area contributed by atoms with Gasteiger partial charge >= 0.3 is 0 Å². The average molecular weight is 534 g/mol. The molecular formula is C28H27N3O6S. The molecule has 1 heterocycles. The van der Waals surface area contributed by atoms with E-state index in [0.717, 1.165) is 17.4 Å². The summed E-state index contributed by atoms with van der Waals surface area (Å²) in [6, 6.07) is 23.1. The van der Waals surface area contributed by atoms with Crippen LogP contribution in [-0.2, 0) is 14.8 Å². The van der Waals surface area contributed by atoms with Crippen molar-refractivity contribution in [3.63, 3.8) is 0 Å². The van der Waals surface area contributed by atoms with Gasteiger partial charge in [0, 0.05) is 18.7 Å². The molecule has 3 aromatic rings. The predicted octanol–water partition coefficient (Wildman–Crippen LogP) is 3.22. The summed E-state index contributed by atoms with van der Waals surface area (Å²) < 4.78 is 36.9. The molecule has 1 fully saturated rings. The molecule has 1 saturated heterocycles. The van der Waals surface area contributed by atoms with Crippen LogP contribution in [-0.4, -0.2) is 58.2 Å². The number of carbonyl (C=O) groups is 2. The first-order valence-corrected chi connectivity index (χ1v) is 13.7. The maximum Gasteiger partial charge on any atom is 0.253 e. The molecule has 2 amide bonds. The molecule has 1 atom stereocenters. The molecule has 10 heteroatoms. The van der Waals surface area contributed by atoms with Gasteiger partial charge in [0.1, 0.15) is 23.5 Å². The van der Waals surface area contributed by atoms with Crippen molar-refractivity contribution >= 4 is 21.8 Å². The largest absolute Gasteiger partial charge is 0.497 e. The summed E-state index contributed by atoms with van der Waals surface area (Å²) in [6.07, 6.45) is 1.15. The lowest BCUT2D eigenvalue weighted by molar-refractivity contribution is -0.130. The van der Waals surface area contributed by atoms with Crippen molar-refractivity contribution in [1.82, 2.24) is 9.62 Å². The molecule has 4 rings (SSSR count). The summed E-state index contributed by atoms with van der Waals surface area (Å²) in [5.74, 6) is 0.130. The van der Waals surface area contributed by atoms with Gasteiger partial charge in [-0.2, -0.15) is 5.26 Å². The molecular weight excluding hydrogens is 506 g/mol. The highest BCUT2D eigenvalue weighted by Crippen LogP contribution is 2.34. The summed E-state index contributed by atoms with van der Waals surface area (Å²) in [5.41, 5.74) is 1.61. The Bertz CT molecular complexity index is 1460. The summed E-state index contributed by atoms with van der Waals surface area (Å²) in [7, 11) is -2.28. The van der Waals surface area contributed by atoms with E-state index >= 15 is 0 Å². The molecule has 0 radical (unpaired) electrons. The number of sulfonamides is 1. The Morgan fingerprint density at radius 2 is 1.55 bits per heavy atom. The number of likely N-dealkylation sites (tertiary alicyclic amines) is 1. The van der Waals surface area contributed by atoms with Crippen LogP contribution in [0.5, 0.6) is 11.5 Å². The quantitative estimate of drug-likeness (QED) is 0.471. The average Bonchev–Trinajstić information content (AvgIpc) is 3.37. The van der Waals surface area contributed by atoms with Gasteiger partial charge in [-0.3, -0.25) is 14.3 Å². The first-order chi connectivity index (χ1) is 18.1. The topological polar surface area (TPSA) is 126 Å². The maximum atomic E-state index is 13.1. The van der Waals surface area contributed by atoms with Crippen molar-refractivity contribution < 1.29 is 27.5 Å². The van der Waals surface area contributed by atoms with Crippen LogP contribution in [0.15, 0.2) is 72.8 Å². The molecule has 196 valence electrons. The first kappa shape index (κ1) is 26.7. The summed E-state index contributed by atoms with van der Waals surface area (Å²) in [5, 5.41) is 8.98. The van der Waals surface area contributed by atoms with Crippen LogP contribution in [0.3, 0.4) is 0 Å². The molecule has 0 aliphatic carbocycles. The van der Waals surface area contributed by atoms with Gasteiger partial charge in [-0.05, 0) is 66.1 Å². The minimum Gasteiger partial charge on any atom is -0.497 e. The molecule has 0 saturated carbocycles. The third-order valence-corrected chi connectivity index (χ3v) is 7.01. The van der Waals surface area contributed by atoms with E-state index in [1.54, 1.807) is 48.5 Å². The standard InChI is InChI=1S/C28H27N3O6S/c1-36-24-11-9-23(10-12-24)26(32)31-16-15-28(18-31,27(33)30-38(2,34)35)19-37-25-13-7-22(8-14-25)21-5-3-20(17-29)4-6-21/h3-14H,15-16,18-19H2,1-2H3,(H,30,33). The number of nitrogens with one attached hydrogen (secondary N) is 1. The number of nitriles is 1. The molecule has 1 unspecified atom stereocenters. The summed E-state index contributed by atoms with van der Waals surface area (Å²) in [6.45, 7) is 0.155. The summed E-state index contributed by atoms with van der Waals surface area (Å²) in [4.78, 5) is 27.8. The van der Waals surface area contributed by atoms with E-state index in [2.05, 4.69) is 10.8 Å². The molecule has 0 aromatic heterocycles. The lowest BCUT2D eigenvalue weighted by Crippen LogP contribution is -2.48. The zero-order chi connectivity index (χ0) is 27.3. The van der Waals surface area contributed by atoms with Crippen LogP contribution in [0.2, 0.25) is 0 Å². The van der Waals surface area contributed by atoms with Crippen molar-refractivity contribution in [3.05, 3.63) is 83.9 Å². The maximum absolute atomic E-state index is 13.1. The highest BCUT2D eigenvalue weighted by Gasteiger charge is 2.48. The van der Waals surface area contributed by atoms with Gasteiger partial charge in [-0.1, -0.05) is 24.3 Å². The number of carbonyl (C=O) groups excluding carboxylic acids is 2. The number of amides is 2. The van der Waals surface area contributed by atoms with Gasteiger partial charge in [0.25, 0.3) is 5.91 Å². The third-order valence-electron chi connectivity index (χ3n) is 6.45.